The van der Waals surface area contributed by atoms with Crippen LogP contribution in [0.25, 0.3) is 0 Å². The van der Waals surface area contributed by atoms with Gasteiger partial charge in [-0.1, -0.05) is 6.92 Å². The van der Waals surface area contributed by atoms with Crippen LogP contribution in [0.1, 0.15) is 32.6 Å². The molecule has 0 aromatic carbocycles. The standard InChI is InChI=1S/C13H24N2/c1-13-5-7-14(2)10-12(13)15(8-6-13)9-11-3-4-11/h11-12H,3-10H2,1-2H3/t12-,13-/m0/s1. The summed E-state index contributed by atoms with van der Waals surface area (Å²) in [4.78, 5) is 5.32. The molecule has 0 amide bonds. The first-order valence-corrected chi connectivity index (χ1v) is 6.60. The molecule has 0 N–H and O–H groups in total. The quantitative estimate of drug-likeness (QED) is 0.683. The molecule has 2 heteroatoms. The number of hydrogen-bond donors (Lipinski definition) is 0. The van der Waals surface area contributed by atoms with E-state index in [0.717, 1.165) is 12.0 Å². The van der Waals surface area contributed by atoms with E-state index in [4.69, 9.17) is 0 Å². The van der Waals surface area contributed by atoms with Crippen molar-refractivity contribution in [1.29, 1.82) is 0 Å². The summed E-state index contributed by atoms with van der Waals surface area (Å²) < 4.78 is 0. The van der Waals surface area contributed by atoms with Gasteiger partial charge in [0.25, 0.3) is 0 Å². The second-order valence-electron chi connectivity index (χ2n) is 6.37. The molecule has 0 aromatic rings. The van der Waals surface area contributed by atoms with Gasteiger partial charge in [0.1, 0.15) is 0 Å². The van der Waals surface area contributed by atoms with Gasteiger partial charge in [-0.05, 0) is 57.2 Å². The number of fused-ring (bicyclic) bond motifs is 1. The van der Waals surface area contributed by atoms with Crippen LogP contribution in [-0.2, 0) is 0 Å². The van der Waals surface area contributed by atoms with Crippen LogP contribution in [-0.4, -0.2) is 49.1 Å². The Bertz CT molecular complexity index is 249. The van der Waals surface area contributed by atoms with Crippen LogP contribution >= 0.6 is 0 Å². The third-order valence-corrected chi connectivity index (χ3v) is 4.95. The smallest absolute Gasteiger partial charge is 0.0277 e. The Balaban J connectivity index is 1.70. The average molecular weight is 208 g/mol. The highest BCUT2D eigenvalue weighted by Gasteiger charge is 2.47. The van der Waals surface area contributed by atoms with Crippen molar-refractivity contribution in [3.8, 4) is 0 Å². The number of nitrogens with zero attached hydrogens (tertiary/aromatic N) is 2. The molecule has 2 saturated heterocycles. The Morgan fingerprint density at radius 2 is 1.93 bits per heavy atom. The summed E-state index contributed by atoms with van der Waals surface area (Å²) in [6.45, 7) is 7.91. The third-order valence-electron chi connectivity index (χ3n) is 4.95. The van der Waals surface area contributed by atoms with Gasteiger partial charge in [0.2, 0.25) is 0 Å². The van der Waals surface area contributed by atoms with Gasteiger partial charge in [-0.25, -0.2) is 0 Å². The van der Waals surface area contributed by atoms with E-state index in [1.54, 1.807) is 0 Å². The average Bonchev–Trinajstić information content (AvgIpc) is 2.95. The maximum atomic E-state index is 2.80. The Morgan fingerprint density at radius 1 is 1.20 bits per heavy atom. The lowest BCUT2D eigenvalue weighted by Crippen LogP contribution is -2.51. The van der Waals surface area contributed by atoms with E-state index in [0.29, 0.717) is 5.41 Å². The van der Waals surface area contributed by atoms with E-state index in [2.05, 4.69) is 23.8 Å². The number of rotatable bonds is 2. The van der Waals surface area contributed by atoms with Gasteiger partial charge in [0.15, 0.2) is 0 Å². The van der Waals surface area contributed by atoms with Gasteiger partial charge in [-0.2, -0.15) is 0 Å². The Hall–Kier alpha value is -0.0800. The second kappa shape index (κ2) is 3.46. The minimum absolute atomic E-state index is 0.640. The van der Waals surface area contributed by atoms with Crippen molar-refractivity contribution in [3.63, 3.8) is 0 Å². The molecule has 0 spiro atoms. The van der Waals surface area contributed by atoms with Gasteiger partial charge in [-0.15, -0.1) is 0 Å². The normalized spacial score (nSPS) is 43.2. The zero-order valence-corrected chi connectivity index (χ0v) is 10.2. The summed E-state index contributed by atoms with van der Waals surface area (Å²) in [5.74, 6) is 1.06. The molecule has 15 heavy (non-hydrogen) atoms. The first-order valence-electron chi connectivity index (χ1n) is 6.60. The molecule has 2 aliphatic heterocycles. The largest absolute Gasteiger partial charge is 0.305 e. The molecular weight excluding hydrogens is 184 g/mol. The summed E-state index contributed by atoms with van der Waals surface area (Å²) >= 11 is 0. The maximum Gasteiger partial charge on any atom is 0.0277 e. The molecule has 0 aromatic heterocycles. The highest BCUT2D eigenvalue weighted by atomic mass is 15.3. The fourth-order valence-corrected chi connectivity index (χ4v) is 3.47. The molecule has 0 unspecified atom stereocenters. The Labute approximate surface area is 93.6 Å². The number of likely N-dealkylation sites (tertiary alicyclic amines) is 2. The van der Waals surface area contributed by atoms with Crippen molar-refractivity contribution < 1.29 is 0 Å². The summed E-state index contributed by atoms with van der Waals surface area (Å²) in [5, 5.41) is 0. The topological polar surface area (TPSA) is 6.48 Å². The van der Waals surface area contributed by atoms with Crippen molar-refractivity contribution in [2.45, 2.75) is 38.6 Å². The molecule has 3 rings (SSSR count). The lowest BCUT2D eigenvalue weighted by atomic mass is 9.76. The van der Waals surface area contributed by atoms with Crippen molar-refractivity contribution in [2.75, 3.05) is 33.2 Å². The van der Waals surface area contributed by atoms with Crippen LogP contribution in [0.5, 0.6) is 0 Å². The fourth-order valence-electron chi connectivity index (χ4n) is 3.47. The van der Waals surface area contributed by atoms with Crippen LogP contribution in [0.4, 0.5) is 0 Å². The van der Waals surface area contributed by atoms with Crippen molar-refractivity contribution in [1.82, 2.24) is 9.80 Å². The number of piperidine rings is 1. The minimum atomic E-state index is 0.640. The van der Waals surface area contributed by atoms with E-state index in [9.17, 15) is 0 Å². The van der Waals surface area contributed by atoms with Crippen LogP contribution in [0.2, 0.25) is 0 Å². The molecule has 86 valence electrons. The zero-order valence-electron chi connectivity index (χ0n) is 10.2. The molecule has 0 radical (unpaired) electrons. The summed E-state index contributed by atoms with van der Waals surface area (Å²) in [6, 6.07) is 0.858. The molecule has 1 aliphatic carbocycles. The van der Waals surface area contributed by atoms with Crippen molar-refractivity contribution in [2.24, 2.45) is 11.3 Å². The number of likely N-dealkylation sites (N-methyl/N-ethyl adjacent to an activating group) is 1. The fraction of sp³-hybridized carbons (Fsp3) is 1.00. The van der Waals surface area contributed by atoms with Gasteiger partial charge >= 0.3 is 0 Å². The third kappa shape index (κ3) is 1.83. The van der Waals surface area contributed by atoms with E-state index in [-0.39, 0.29) is 0 Å². The van der Waals surface area contributed by atoms with E-state index < -0.39 is 0 Å². The molecule has 1 saturated carbocycles. The SMILES string of the molecule is CN1CC[C@@]2(C)CCN(CC3CC3)[C@H]2C1. The lowest BCUT2D eigenvalue weighted by Gasteiger charge is -2.43. The summed E-state index contributed by atoms with van der Waals surface area (Å²) in [6.07, 6.45) is 5.85. The molecule has 2 atom stereocenters. The van der Waals surface area contributed by atoms with E-state index in [1.165, 1.54) is 51.9 Å². The van der Waals surface area contributed by atoms with Gasteiger partial charge in [0, 0.05) is 19.1 Å². The predicted octanol–water partition coefficient (Wildman–Crippen LogP) is 1.81. The van der Waals surface area contributed by atoms with Crippen LogP contribution in [0.15, 0.2) is 0 Å². The first kappa shape index (κ1) is 10.1. The van der Waals surface area contributed by atoms with Crippen molar-refractivity contribution in [3.05, 3.63) is 0 Å². The Kier molecular flexibility index (Phi) is 2.33. The lowest BCUT2D eigenvalue weighted by molar-refractivity contribution is 0.0647. The van der Waals surface area contributed by atoms with E-state index >= 15 is 0 Å². The summed E-state index contributed by atoms with van der Waals surface area (Å²) in [7, 11) is 2.28. The van der Waals surface area contributed by atoms with Gasteiger partial charge < -0.3 is 4.90 Å². The number of hydrogen-bond acceptors (Lipinski definition) is 2. The monoisotopic (exact) mass is 208 g/mol. The minimum Gasteiger partial charge on any atom is -0.305 e. The Morgan fingerprint density at radius 3 is 2.67 bits per heavy atom. The molecule has 2 heterocycles. The first-order chi connectivity index (χ1) is 7.17. The zero-order chi connectivity index (χ0) is 10.5. The molecule has 0 bridgehead atoms. The van der Waals surface area contributed by atoms with Crippen molar-refractivity contribution >= 4 is 0 Å². The molecule has 3 fully saturated rings. The molecule has 2 nitrogen and oxygen atoms in total. The molecular formula is C13H24N2. The van der Waals surface area contributed by atoms with Crippen LogP contribution < -0.4 is 0 Å². The summed E-state index contributed by atoms with van der Waals surface area (Å²) in [5.41, 5.74) is 0.640. The van der Waals surface area contributed by atoms with Crippen LogP contribution in [0.3, 0.4) is 0 Å². The molecule has 3 aliphatic rings. The highest BCUT2D eigenvalue weighted by molar-refractivity contribution is 5.01. The van der Waals surface area contributed by atoms with Gasteiger partial charge in [0.05, 0.1) is 0 Å². The highest BCUT2D eigenvalue weighted by Crippen LogP contribution is 2.44. The predicted molar refractivity (Wildman–Crippen MR) is 62.9 cm³/mol. The van der Waals surface area contributed by atoms with E-state index in [1.807, 2.05) is 0 Å². The second-order valence-corrected chi connectivity index (χ2v) is 6.37. The van der Waals surface area contributed by atoms with Gasteiger partial charge in [-0.3, -0.25) is 4.90 Å². The maximum absolute atomic E-state index is 2.80. The van der Waals surface area contributed by atoms with Crippen LogP contribution in [0, 0.1) is 11.3 Å².